The summed E-state index contributed by atoms with van der Waals surface area (Å²) in [5.41, 5.74) is 4.27. The number of hydrazone groups is 1. The van der Waals surface area contributed by atoms with Crippen molar-refractivity contribution in [3.8, 4) is 0 Å². The maximum atomic E-state index is 12.7. The van der Waals surface area contributed by atoms with Crippen LogP contribution in [0.25, 0.3) is 0 Å². The van der Waals surface area contributed by atoms with E-state index in [1.807, 2.05) is 78.9 Å². The number of aryl methyl sites for hydroxylation is 1. The number of carbonyl (C=O) groups excluding carboxylic acids is 2. The monoisotopic (exact) mass is 439 g/mol. The predicted octanol–water partition coefficient (Wildman–Crippen LogP) is 4.89. The fourth-order valence-corrected chi connectivity index (χ4v) is 4.05. The number of benzene rings is 3. The lowest BCUT2D eigenvalue weighted by molar-refractivity contribution is -0.133. The van der Waals surface area contributed by atoms with Gasteiger partial charge in [-0.2, -0.15) is 5.10 Å². The number of hydrogen-bond acceptors (Lipinski definition) is 3. The number of carbonyl (C=O) groups is 2. The van der Waals surface area contributed by atoms with E-state index < -0.39 is 0 Å². The molecule has 1 aliphatic heterocycles. The number of nitrogens with one attached hydrogen (secondary N) is 1. The molecule has 33 heavy (non-hydrogen) atoms. The fourth-order valence-electron chi connectivity index (χ4n) is 4.05. The maximum absolute atomic E-state index is 12.7. The second-order valence-corrected chi connectivity index (χ2v) is 8.23. The third kappa shape index (κ3) is 6.39. The standard InChI is InChI=1S/C28H29N3O2/c32-27(18-19-28(33)31-21-20-26(30-31)24-14-8-3-9-15-24)29-25(23-12-6-2-7-13-23)17-16-22-10-4-1-5-11-22/h1-15,25H,16-21H2,(H,29,32). The first kappa shape index (κ1) is 22.5. The minimum Gasteiger partial charge on any atom is -0.349 e. The lowest BCUT2D eigenvalue weighted by Gasteiger charge is -2.20. The van der Waals surface area contributed by atoms with Crippen molar-refractivity contribution in [3.05, 3.63) is 108 Å². The van der Waals surface area contributed by atoms with Gasteiger partial charge in [-0.3, -0.25) is 9.59 Å². The van der Waals surface area contributed by atoms with E-state index >= 15 is 0 Å². The van der Waals surface area contributed by atoms with Crippen LogP contribution in [0.3, 0.4) is 0 Å². The molecule has 0 aliphatic carbocycles. The van der Waals surface area contributed by atoms with Crippen molar-refractivity contribution in [1.82, 2.24) is 10.3 Å². The fraction of sp³-hybridized carbons (Fsp3) is 0.250. The molecule has 0 aromatic heterocycles. The van der Waals surface area contributed by atoms with Crippen molar-refractivity contribution in [1.29, 1.82) is 0 Å². The zero-order valence-corrected chi connectivity index (χ0v) is 18.7. The maximum Gasteiger partial charge on any atom is 0.243 e. The van der Waals surface area contributed by atoms with Gasteiger partial charge in [0.1, 0.15) is 0 Å². The van der Waals surface area contributed by atoms with Crippen LogP contribution in [0.5, 0.6) is 0 Å². The Kier molecular flexibility index (Phi) is 7.64. The number of hydrogen-bond donors (Lipinski definition) is 1. The van der Waals surface area contributed by atoms with Crippen LogP contribution >= 0.6 is 0 Å². The molecule has 3 aromatic rings. The van der Waals surface area contributed by atoms with Gasteiger partial charge >= 0.3 is 0 Å². The van der Waals surface area contributed by atoms with Crippen molar-refractivity contribution in [2.24, 2.45) is 5.10 Å². The highest BCUT2D eigenvalue weighted by Crippen LogP contribution is 2.20. The molecule has 5 heteroatoms. The van der Waals surface area contributed by atoms with Crippen LogP contribution in [0, 0.1) is 0 Å². The summed E-state index contributed by atoms with van der Waals surface area (Å²) in [6.07, 6.45) is 2.70. The first-order valence-electron chi connectivity index (χ1n) is 11.5. The highest BCUT2D eigenvalue weighted by Gasteiger charge is 2.22. The van der Waals surface area contributed by atoms with E-state index in [4.69, 9.17) is 0 Å². The zero-order chi connectivity index (χ0) is 22.9. The summed E-state index contributed by atoms with van der Waals surface area (Å²) >= 11 is 0. The Hall–Kier alpha value is -3.73. The topological polar surface area (TPSA) is 61.8 Å². The van der Waals surface area contributed by atoms with Crippen molar-refractivity contribution in [2.45, 2.75) is 38.1 Å². The zero-order valence-electron chi connectivity index (χ0n) is 18.7. The largest absolute Gasteiger partial charge is 0.349 e. The quantitative estimate of drug-likeness (QED) is 0.516. The number of nitrogens with zero attached hydrogens (tertiary/aromatic N) is 2. The van der Waals surface area contributed by atoms with Gasteiger partial charge in [0.05, 0.1) is 18.3 Å². The van der Waals surface area contributed by atoms with E-state index in [1.54, 1.807) is 0 Å². The van der Waals surface area contributed by atoms with Crippen LogP contribution in [0.2, 0.25) is 0 Å². The Morgan fingerprint density at radius 3 is 2.18 bits per heavy atom. The van der Waals surface area contributed by atoms with E-state index in [0.29, 0.717) is 6.54 Å². The third-order valence-corrected chi connectivity index (χ3v) is 5.86. The van der Waals surface area contributed by atoms with E-state index in [1.165, 1.54) is 10.6 Å². The Morgan fingerprint density at radius 2 is 1.48 bits per heavy atom. The van der Waals surface area contributed by atoms with E-state index in [-0.39, 0.29) is 30.7 Å². The summed E-state index contributed by atoms with van der Waals surface area (Å²) < 4.78 is 0. The summed E-state index contributed by atoms with van der Waals surface area (Å²) in [7, 11) is 0. The molecule has 168 valence electrons. The molecule has 2 amide bonds. The Balaban J connectivity index is 1.31. The number of rotatable bonds is 9. The SMILES string of the molecule is O=C(CCC(=O)N1CCC(c2ccccc2)=N1)NC(CCc1ccccc1)c1ccccc1. The summed E-state index contributed by atoms with van der Waals surface area (Å²) in [6, 6.07) is 30.1. The van der Waals surface area contributed by atoms with Gasteiger partial charge in [-0.25, -0.2) is 5.01 Å². The van der Waals surface area contributed by atoms with Gasteiger partial charge in [0.25, 0.3) is 0 Å². The van der Waals surface area contributed by atoms with Crippen molar-refractivity contribution < 1.29 is 9.59 Å². The van der Waals surface area contributed by atoms with Gasteiger partial charge in [0.2, 0.25) is 11.8 Å². The van der Waals surface area contributed by atoms with Crippen LogP contribution in [0.1, 0.15) is 48.4 Å². The van der Waals surface area contributed by atoms with Crippen LogP contribution in [0.15, 0.2) is 96.1 Å². The average Bonchev–Trinajstić information content (AvgIpc) is 3.37. The minimum atomic E-state index is -0.114. The second-order valence-electron chi connectivity index (χ2n) is 8.23. The molecular weight excluding hydrogens is 410 g/mol. The molecule has 4 rings (SSSR count). The van der Waals surface area contributed by atoms with Gasteiger partial charge in [-0.1, -0.05) is 91.0 Å². The molecule has 0 saturated heterocycles. The third-order valence-electron chi connectivity index (χ3n) is 5.86. The molecule has 0 bridgehead atoms. The van der Waals surface area contributed by atoms with Gasteiger partial charge in [0.15, 0.2) is 0 Å². The predicted molar refractivity (Wildman–Crippen MR) is 131 cm³/mol. The van der Waals surface area contributed by atoms with Crippen LogP contribution < -0.4 is 5.32 Å². The Morgan fingerprint density at radius 1 is 0.848 bits per heavy atom. The molecule has 0 saturated carbocycles. The molecule has 0 spiro atoms. The molecule has 0 fully saturated rings. The highest BCUT2D eigenvalue weighted by molar-refractivity contribution is 6.02. The molecule has 1 aliphatic rings. The van der Waals surface area contributed by atoms with Crippen LogP contribution in [-0.2, 0) is 16.0 Å². The first-order chi connectivity index (χ1) is 16.2. The van der Waals surface area contributed by atoms with Gasteiger partial charge in [-0.05, 0) is 29.5 Å². The molecule has 1 atom stereocenters. The number of amides is 2. The first-order valence-corrected chi connectivity index (χ1v) is 11.5. The molecule has 1 N–H and O–H groups in total. The highest BCUT2D eigenvalue weighted by atomic mass is 16.2. The molecule has 3 aromatic carbocycles. The van der Waals surface area contributed by atoms with E-state index in [9.17, 15) is 9.59 Å². The summed E-state index contributed by atoms with van der Waals surface area (Å²) in [5.74, 6) is -0.228. The van der Waals surface area contributed by atoms with E-state index in [0.717, 1.165) is 36.1 Å². The lowest BCUT2D eigenvalue weighted by Crippen LogP contribution is -2.31. The molecular formula is C28H29N3O2. The summed E-state index contributed by atoms with van der Waals surface area (Å²) in [5, 5.41) is 9.11. The molecule has 1 heterocycles. The van der Waals surface area contributed by atoms with Gasteiger partial charge in [0, 0.05) is 19.3 Å². The van der Waals surface area contributed by atoms with Crippen LogP contribution in [0.4, 0.5) is 0 Å². The molecule has 5 nitrogen and oxygen atoms in total. The van der Waals surface area contributed by atoms with Gasteiger partial charge in [-0.15, -0.1) is 0 Å². The smallest absolute Gasteiger partial charge is 0.243 e. The molecule has 0 radical (unpaired) electrons. The average molecular weight is 440 g/mol. The van der Waals surface area contributed by atoms with E-state index in [2.05, 4.69) is 22.6 Å². The minimum absolute atomic E-state index is 0.0940. The van der Waals surface area contributed by atoms with Crippen LogP contribution in [-0.4, -0.2) is 29.1 Å². The molecule has 1 unspecified atom stereocenters. The van der Waals surface area contributed by atoms with Crippen molar-refractivity contribution >= 4 is 17.5 Å². The Bertz CT molecular complexity index is 1080. The van der Waals surface area contributed by atoms with Gasteiger partial charge < -0.3 is 5.32 Å². The normalized spacial score (nSPS) is 13.9. The van der Waals surface area contributed by atoms with Crippen molar-refractivity contribution in [2.75, 3.05) is 6.54 Å². The van der Waals surface area contributed by atoms with Crippen molar-refractivity contribution in [3.63, 3.8) is 0 Å². The summed E-state index contributed by atoms with van der Waals surface area (Å²) in [6.45, 7) is 0.564. The second kappa shape index (κ2) is 11.2. The summed E-state index contributed by atoms with van der Waals surface area (Å²) in [4.78, 5) is 25.4. The Labute approximate surface area is 195 Å². The lowest BCUT2D eigenvalue weighted by atomic mass is 9.98.